The molecule has 5 nitrogen and oxygen atoms in total. The summed E-state index contributed by atoms with van der Waals surface area (Å²) in [7, 11) is -2.56. The second-order valence-corrected chi connectivity index (χ2v) is 6.88. The van der Waals surface area contributed by atoms with Gasteiger partial charge in [0, 0.05) is 7.05 Å². The third-order valence-electron chi connectivity index (χ3n) is 3.42. The van der Waals surface area contributed by atoms with Crippen LogP contribution in [-0.4, -0.2) is 36.9 Å². The van der Waals surface area contributed by atoms with Crippen LogP contribution in [0.3, 0.4) is 0 Å². The largest absolute Gasteiger partial charge is 0.480 e. The molecule has 0 aromatic heterocycles. The maximum Gasteiger partial charge on any atom is 0.322 e. The Morgan fingerprint density at radius 1 is 1.05 bits per heavy atom. The predicted octanol–water partition coefficient (Wildman–Crippen LogP) is 2.00. The molecule has 0 heterocycles. The third-order valence-corrected chi connectivity index (χ3v) is 5.30. The smallest absolute Gasteiger partial charge is 0.322 e. The van der Waals surface area contributed by atoms with Crippen molar-refractivity contribution in [3.8, 4) is 0 Å². The van der Waals surface area contributed by atoms with Crippen molar-refractivity contribution in [3.63, 3.8) is 0 Å². The zero-order valence-corrected chi connectivity index (χ0v) is 12.9. The van der Waals surface area contributed by atoms with Gasteiger partial charge in [-0.3, -0.25) is 4.79 Å². The molecule has 1 atom stereocenters. The lowest BCUT2D eigenvalue weighted by molar-refractivity contribution is -0.141. The van der Waals surface area contributed by atoms with E-state index in [1.165, 1.54) is 19.2 Å². The molecule has 0 aliphatic rings. The van der Waals surface area contributed by atoms with Crippen LogP contribution in [0.5, 0.6) is 0 Å². The fraction of sp³-hybridized carbons (Fsp3) is 0.188. The van der Waals surface area contributed by atoms with Gasteiger partial charge in [0.05, 0.1) is 4.90 Å². The molecule has 0 aliphatic carbocycles. The van der Waals surface area contributed by atoms with Crippen LogP contribution < -0.4 is 0 Å². The summed E-state index contributed by atoms with van der Waals surface area (Å²) < 4.78 is 26.0. The maximum absolute atomic E-state index is 12.5. The van der Waals surface area contributed by atoms with E-state index < -0.39 is 22.0 Å². The summed E-state index contributed by atoms with van der Waals surface area (Å²) in [5.74, 6) is -1.18. The Bertz CT molecular complexity index is 729. The van der Waals surface area contributed by atoms with Crippen molar-refractivity contribution < 1.29 is 18.3 Å². The van der Waals surface area contributed by atoms with Crippen molar-refractivity contribution in [2.24, 2.45) is 0 Å². The van der Waals surface area contributed by atoms with Gasteiger partial charge >= 0.3 is 5.97 Å². The second kappa shape index (κ2) is 6.72. The van der Waals surface area contributed by atoms with Crippen molar-refractivity contribution in [1.82, 2.24) is 4.31 Å². The fourth-order valence-electron chi connectivity index (χ4n) is 2.13. The van der Waals surface area contributed by atoms with E-state index in [-0.39, 0.29) is 11.3 Å². The summed E-state index contributed by atoms with van der Waals surface area (Å²) in [6.45, 7) is 0. The molecule has 1 unspecified atom stereocenters. The number of aliphatic carboxylic acids is 1. The van der Waals surface area contributed by atoms with Crippen LogP contribution in [0.2, 0.25) is 0 Å². The Kier molecular flexibility index (Phi) is 4.95. The van der Waals surface area contributed by atoms with E-state index in [0.717, 1.165) is 9.87 Å². The lowest BCUT2D eigenvalue weighted by Crippen LogP contribution is -2.43. The van der Waals surface area contributed by atoms with Gasteiger partial charge in [-0.1, -0.05) is 48.5 Å². The van der Waals surface area contributed by atoms with Crippen LogP contribution >= 0.6 is 0 Å². The minimum Gasteiger partial charge on any atom is -0.480 e. The van der Waals surface area contributed by atoms with Crippen LogP contribution in [0.4, 0.5) is 0 Å². The number of likely N-dealkylation sites (N-methyl/N-ethyl adjacent to an activating group) is 1. The van der Waals surface area contributed by atoms with Gasteiger partial charge in [-0.2, -0.15) is 4.31 Å². The number of carboxylic acids is 1. The molecule has 6 heteroatoms. The minimum atomic E-state index is -3.85. The normalized spacial score (nSPS) is 13.0. The zero-order chi connectivity index (χ0) is 16.2. The Balaban J connectivity index is 2.31. The highest BCUT2D eigenvalue weighted by Crippen LogP contribution is 2.18. The van der Waals surface area contributed by atoms with Crippen LogP contribution in [0, 0.1) is 0 Å². The van der Waals surface area contributed by atoms with Crippen LogP contribution in [-0.2, 0) is 21.2 Å². The van der Waals surface area contributed by atoms with Gasteiger partial charge in [0.15, 0.2) is 0 Å². The lowest BCUT2D eigenvalue weighted by atomic mass is 10.1. The van der Waals surface area contributed by atoms with Crippen molar-refractivity contribution in [3.05, 3.63) is 66.2 Å². The standard InChI is InChI=1S/C16H17NO4S/c1-17(22(20,21)14-10-6-3-7-11-14)15(16(18)19)12-13-8-4-2-5-9-13/h2-11,15H,12H2,1H3,(H,18,19). The lowest BCUT2D eigenvalue weighted by Gasteiger charge is -2.24. The first kappa shape index (κ1) is 16.2. The van der Waals surface area contributed by atoms with Gasteiger partial charge in [0.1, 0.15) is 6.04 Å². The van der Waals surface area contributed by atoms with Gasteiger partial charge in [-0.15, -0.1) is 0 Å². The monoisotopic (exact) mass is 319 g/mol. The molecular weight excluding hydrogens is 302 g/mol. The highest BCUT2D eigenvalue weighted by atomic mass is 32.2. The number of carboxylic acid groups (broad SMARTS) is 1. The molecule has 0 fully saturated rings. The van der Waals surface area contributed by atoms with E-state index in [1.54, 1.807) is 42.5 Å². The van der Waals surface area contributed by atoms with Crippen molar-refractivity contribution in [2.75, 3.05) is 7.05 Å². The van der Waals surface area contributed by atoms with Crippen molar-refractivity contribution in [1.29, 1.82) is 0 Å². The first-order valence-corrected chi connectivity index (χ1v) is 8.17. The average molecular weight is 319 g/mol. The molecule has 2 aromatic carbocycles. The topological polar surface area (TPSA) is 74.7 Å². The van der Waals surface area contributed by atoms with E-state index in [1.807, 2.05) is 6.07 Å². The molecule has 2 aromatic rings. The van der Waals surface area contributed by atoms with Gasteiger partial charge < -0.3 is 5.11 Å². The van der Waals surface area contributed by atoms with E-state index >= 15 is 0 Å². The van der Waals surface area contributed by atoms with Gasteiger partial charge in [0.25, 0.3) is 0 Å². The molecule has 22 heavy (non-hydrogen) atoms. The summed E-state index contributed by atoms with van der Waals surface area (Å²) in [6, 6.07) is 15.6. The number of benzene rings is 2. The maximum atomic E-state index is 12.5. The highest BCUT2D eigenvalue weighted by Gasteiger charge is 2.32. The molecule has 1 N–H and O–H groups in total. The second-order valence-electron chi connectivity index (χ2n) is 4.88. The van der Waals surface area contributed by atoms with Gasteiger partial charge in [-0.25, -0.2) is 8.42 Å². The average Bonchev–Trinajstić information content (AvgIpc) is 2.53. The summed E-state index contributed by atoms with van der Waals surface area (Å²) in [4.78, 5) is 11.6. The number of carbonyl (C=O) groups is 1. The SMILES string of the molecule is CN(C(Cc1ccccc1)C(=O)O)S(=O)(=O)c1ccccc1. The van der Waals surface area contributed by atoms with Crippen LogP contribution in [0.25, 0.3) is 0 Å². The fourth-order valence-corrected chi connectivity index (χ4v) is 3.47. The summed E-state index contributed by atoms with van der Waals surface area (Å²) in [5.41, 5.74) is 0.769. The molecule has 0 spiro atoms. The zero-order valence-electron chi connectivity index (χ0n) is 12.1. The molecule has 0 bridgehead atoms. The molecular formula is C16H17NO4S. The van der Waals surface area contributed by atoms with E-state index in [9.17, 15) is 18.3 Å². The highest BCUT2D eigenvalue weighted by molar-refractivity contribution is 7.89. The predicted molar refractivity (Wildman–Crippen MR) is 83.0 cm³/mol. The van der Waals surface area contributed by atoms with Gasteiger partial charge in [-0.05, 0) is 24.1 Å². The number of hydrogen-bond acceptors (Lipinski definition) is 3. The molecule has 116 valence electrons. The molecule has 2 rings (SSSR count). The number of rotatable bonds is 6. The van der Waals surface area contributed by atoms with Crippen molar-refractivity contribution in [2.45, 2.75) is 17.4 Å². The molecule has 0 amide bonds. The first-order chi connectivity index (χ1) is 10.4. The number of hydrogen-bond donors (Lipinski definition) is 1. The third kappa shape index (κ3) is 3.52. The minimum absolute atomic E-state index is 0.0804. The van der Waals surface area contributed by atoms with E-state index in [0.29, 0.717) is 0 Å². The Hall–Kier alpha value is -2.18. The molecule has 0 saturated heterocycles. The quantitative estimate of drug-likeness (QED) is 0.884. The first-order valence-electron chi connectivity index (χ1n) is 6.73. The molecule has 0 radical (unpaired) electrons. The van der Waals surface area contributed by atoms with Gasteiger partial charge in [0.2, 0.25) is 10.0 Å². The molecule has 0 saturated carbocycles. The van der Waals surface area contributed by atoms with E-state index in [2.05, 4.69) is 0 Å². The summed E-state index contributed by atoms with van der Waals surface area (Å²) in [5, 5.41) is 9.41. The molecule has 0 aliphatic heterocycles. The van der Waals surface area contributed by atoms with Crippen LogP contribution in [0.15, 0.2) is 65.6 Å². The summed E-state index contributed by atoms with van der Waals surface area (Å²) in [6.07, 6.45) is 0.110. The van der Waals surface area contributed by atoms with E-state index in [4.69, 9.17) is 0 Å². The van der Waals surface area contributed by atoms with Crippen LogP contribution in [0.1, 0.15) is 5.56 Å². The number of sulfonamides is 1. The van der Waals surface area contributed by atoms with Crippen molar-refractivity contribution >= 4 is 16.0 Å². The summed E-state index contributed by atoms with van der Waals surface area (Å²) >= 11 is 0. The Morgan fingerprint density at radius 3 is 2.05 bits per heavy atom. The Labute approximate surface area is 129 Å². The number of nitrogens with zero attached hydrogens (tertiary/aromatic N) is 1. The Morgan fingerprint density at radius 2 is 1.55 bits per heavy atom.